The van der Waals surface area contributed by atoms with Gasteiger partial charge in [-0.3, -0.25) is 9.89 Å². The molecule has 1 saturated heterocycles. The Balaban J connectivity index is 1.67. The summed E-state index contributed by atoms with van der Waals surface area (Å²) in [5, 5.41) is 13.7. The van der Waals surface area contributed by atoms with Crippen LogP contribution in [0.5, 0.6) is 0 Å². The van der Waals surface area contributed by atoms with Crippen LogP contribution in [0.4, 0.5) is 5.82 Å². The van der Waals surface area contributed by atoms with E-state index in [1.807, 2.05) is 24.3 Å². The molecule has 2 aromatic rings. The number of nitrogens with one attached hydrogen (secondary N) is 3. The van der Waals surface area contributed by atoms with Gasteiger partial charge in [0.2, 0.25) is 5.91 Å². The van der Waals surface area contributed by atoms with E-state index in [-0.39, 0.29) is 5.91 Å². The average molecular weight is 391 g/mol. The van der Waals surface area contributed by atoms with Gasteiger partial charge in [0, 0.05) is 16.5 Å². The molecule has 0 saturated carbocycles. The summed E-state index contributed by atoms with van der Waals surface area (Å²) in [6.45, 7) is 4.18. The molecular weight excluding hydrogens is 368 g/mol. The fourth-order valence-corrected chi connectivity index (χ4v) is 3.42. The molecule has 128 valence electrons. The standard InChI is InChI=1S/C18H23BrN4O/c1-2-15-17(13-4-6-14(19)7-5-13)22-23-18(15)21-16(24)8-3-12-9-10-20-11-12/h4-7,12,20H,2-3,8-11H2,1H3,(H2,21,22,23,24). The maximum Gasteiger partial charge on any atom is 0.225 e. The second-order valence-corrected chi connectivity index (χ2v) is 7.15. The topological polar surface area (TPSA) is 69.8 Å². The van der Waals surface area contributed by atoms with E-state index in [0.29, 0.717) is 18.2 Å². The minimum atomic E-state index is 0.0467. The monoisotopic (exact) mass is 390 g/mol. The number of aromatic nitrogens is 2. The second kappa shape index (κ2) is 7.94. The second-order valence-electron chi connectivity index (χ2n) is 6.23. The number of H-pyrrole nitrogens is 1. The first-order chi connectivity index (χ1) is 11.7. The Bertz CT molecular complexity index is 690. The number of amides is 1. The van der Waals surface area contributed by atoms with Crippen LogP contribution in [-0.4, -0.2) is 29.2 Å². The number of nitrogens with zero attached hydrogens (tertiary/aromatic N) is 1. The minimum Gasteiger partial charge on any atom is -0.316 e. The van der Waals surface area contributed by atoms with Crippen LogP contribution in [-0.2, 0) is 11.2 Å². The number of carbonyl (C=O) groups excluding carboxylic acids is 1. The molecule has 0 spiro atoms. The molecule has 3 rings (SSSR count). The van der Waals surface area contributed by atoms with Gasteiger partial charge in [0.15, 0.2) is 5.82 Å². The van der Waals surface area contributed by atoms with Crippen molar-refractivity contribution in [2.75, 3.05) is 18.4 Å². The van der Waals surface area contributed by atoms with Crippen molar-refractivity contribution in [2.45, 2.75) is 32.6 Å². The van der Waals surface area contributed by atoms with Gasteiger partial charge in [-0.1, -0.05) is 35.0 Å². The lowest BCUT2D eigenvalue weighted by Gasteiger charge is -2.08. The minimum absolute atomic E-state index is 0.0467. The maximum absolute atomic E-state index is 12.2. The van der Waals surface area contributed by atoms with Gasteiger partial charge in [-0.05, 0) is 56.0 Å². The number of halogens is 1. The third-order valence-electron chi connectivity index (χ3n) is 4.55. The number of aromatic amines is 1. The molecule has 1 aliphatic rings. The largest absolute Gasteiger partial charge is 0.316 e. The molecular formula is C18H23BrN4O. The van der Waals surface area contributed by atoms with Crippen molar-refractivity contribution in [1.29, 1.82) is 0 Å². The molecule has 0 radical (unpaired) electrons. The van der Waals surface area contributed by atoms with Crippen molar-refractivity contribution in [3.05, 3.63) is 34.3 Å². The fraction of sp³-hybridized carbons (Fsp3) is 0.444. The molecule has 0 bridgehead atoms. The highest BCUT2D eigenvalue weighted by Crippen LogP contribution is 2.28. The van der Waals surface area contributed by atoms with Crippen LogP contribution in [0.2, 0.25) is 0 Å². The van der Waals surface area contributed by atoms with Gasteiger partial charge in [-0.15, -0.1) is 0 Å². The van der Waals surface area contributed by atoms with Crippen LogP contribution in [0, 0.1) is 5.92 Å². The van der Waals surface area contributed by atoms with Crippen molar-refractivity contribution in [1.82, 2.24) is 15.5 Å². The van der Waals surface area contributed by atoms with Crippen LogP contribution >= 0.6 is 15.9 Å². The van der Waals surface area contributed by atoms with Gasteiger partial charge in [-0.2, -0.15) is 5.10 Å². The zero-order valence-corrected chi connectivity index (χ0v) is 15.4. The number of hydrogen-bond acceptors (Lipinski definition) is 3. The lowest BCUT2D eigenvalue weighted by atomic mass is 10.0. The van der Waals surface area contributed by atoms with E-state index in [4.69, 9.17) is 0 Å². The van der Waals surface area contributed by atoms with Crippen LogP contribution in [0.3, 0.4) is 0 Å². The lowest BCUT2D eigenvalue weighted by Crippen LogP contribution is -2.16. The SMILES string of the molecule is CCc1c(NC(=O)CCC2CCNC2)n[nH]c1-c1ccc(Br)cc1. The third-order valence-corrected chi connectivity index (χ3v) is 5.08. The van der Waals surface area contributed by atoms with Crippen molar-refractivity contribution < 1.29 is 4.79 Å². The number of rotatable bonds is 6. The van der Waals surface area contributed by atoms with Gasteiger partial charge in [0.25, 0.3) is 0 Å². The zero-order valence-electron chi connectivity index (χ0n) is 13.9. The van der Waals surface area contributed by atoms with Crippen molar-refractivity contribution >= 4 is 27.7 Å². The Hall–Kier alpha value is -1.66. The average Bonchev–Trinajstić information content (AvgIpc) is 3.23. The predicted octanol–water partition coefficient (Wildman–Crippen LogP) is 3.73. The summed E-state index contributed by atoms with van der Waals surface area (Å²) in [7, 11) is 0. The van der Waals surface area contributed by atoms with Crippen LogP contribution in [0.15, 0.2) is 28.7 Å². The van der Waals surface area contributed by atoms with Gasteiger partial charge < -0.3 is 10.6 Å². The van der Waals surface area contributed by atoms with Gasteiger partial charge in [0.1, 0.15) is 0 Å². The van der Waals surface area contributed by atoms with E-state index in [1.165, 1.54) is 6.42 Å². The Morgan fingerprint density at radius 2 is 2.17 bits per heavy atom. The normalized spacial score (nSPS) is 17.2. The molecule has 6 heteroatoms. The summed E-state index contributed by atoms with van der Waals surface area (Å²) in [6.07, 6.45) is 3.47. The molecule has 1 aliphatic heterocycles. The summed E-state index contributed by atoms with van der Waals surface area (Å²) in [4.78, 5) is 12.2. The molecule has 1 unspecified atom stereocenters. The summed E-state index contributed by atoms with van der Waals surface area (Å²) in [5.41, 5.74) is 3.09. The molecule has 0 aliphatic carbocycles. The molecule has 1 aromatic carbocycles. The van der Waals surface area contributed by atoms with Gasteiger partial charge in [-0.25, -0.2) is 0 Å². The highest BCUT2D eigenvalue weighted by atomic mass is 79.9. The van der Waals surface area contributed by atoms with Crippen molar-refractivity contribution in [3.8, 4) is 11.3 Å². The molecule has 24 heavy (non-hydrogen) atoms. The van der Waals surface area contributed by atoms with Gasteiger partial charge in [0.05, 0.1) is 5.69 Å². The summed E-state index contributed by atoms with van der Waals surface area (Å²) < 4.78 is 1.04. The highest BCUT2D eigenvalue weighted by molar-refractivity contribution is 9.10. The van der Waals surface area contributed by atoms with E-state index in [2.05, 4.69) is 43.7 Å². The quantitative estimate of drug-likeness (QED) is 0.703. The van der Waals surface area contributed by atoms with E-state index in [1.54, 1.807) is 0 Å². The summed E-state index contributed by atoms with van der Waals surface area (Å²) >= 11 is 3.45. The molecule has 1 aromatic heterocycles. The first-order valence-corrected chi connectivity index (χ1v) is 9.30. The Morgan fingerprint density at radius 3 is 2.83 bits per heavy atom. The lowest BCUT2D eigenvalue weighted by molar-refractivity contribution is -0.116. The Kier molecular flexibility index (Phi) is 5.68. The highest BCUT2D eigenvalue weighted by Gasteiger charge is 2.18. The molecule has 1 atom stereocenters. The van der Waals surface area contributed by atoms with E-state index in [0.717, 1.165) is 47.2 Å². The van der Waals surface area contributed by atoms with Crippen LogP contribution in [0.1, 0.15) is 31.7 Å². The van der Waals surface area contributed by atoms with E-state index < -0.39 is 0 Å². The number of carbonyl (C=O) groups is 1. The first kappa shape index (κ1) is 17.2. The number of benzene rings is 1. The van der Waals surface area contributed by atoms with Crippen LogP contribution < -0.4 is 10.6 Å². The number of anilines is 1. The van der Waals surface area contributed by atoms with Gasteiger partial charge >= 0.3 is 0 Å². The molecule has 1 fully saturated rings. The zero-order chi connectivity index (χ0) is 16.9. The van der Waals surface area contributed by atoms with Crippen molar-refractivity contribution in [2.24, 2.45) is 5.92 Å². The third kappa shape index (κ3) is 4.05. The molecule has 3 N–H and O–H groups in total. The number of hydrogen-bond donors (Lipinski definition) is 3. The predicted molar refractivity (Wildman–Crippen MR) is 99.9 cm³/mol. The smallest absolute Gasteiger partial charge is 0.225 e. The molecule has 5 nitrogen and oxygen atoms in total. The Morgan fingerprint density at radius 1 is 1.38 bits per heavy atom. The van der Waals surface area contributed by atoms with Crippen LogP contribution in [0.25, 0.3) is 11.3 Å². The first-order valence-electron chi connectivity index (χ1n) is 8.51. The molecule has 2 heterocycles. The van der Waals surface area contributed by atoms with Crippen molar-refractivity contribution in [3.63, 3.8) is 0 Å². The van der Waals surface area contributed by atoms with E-state index >= 15 is 0 Å². The maximum atomic E-state index is 12.2. The fourth-order valence-electron chi connectivity index (χ4n) is 3.16. The van der Waals surface area contributed by atoms with E-state index in [9.17, 15) is 4.79 Å². The Labute approximate surface area is 150 Å². The molecule has 1 amide bonds. The summed E-state index contributed by atoms with van der Waals surface area (Å²) in [5.74, 6) is 1.33. The summed E-state index contributed by atoms with van der Waals surface area (Å²) in [6, 6.07) is 8.08.